The molecule has 5 heteroatoms. The number of alkyl carbamates (subject to hydrolysis) is 1. The van der Waals surface area contributed by atoms with E-state index in [1.165, 1.54) is 0 Å². The van der Waals surface area contributed by atoms with Crippen LogP contribution in [-0.4, -0.2) is 54.5 Å². The van der Waals surface area contributed by atoms with Gasteiger partial charge in [0.2, 0.25) is 0 Å². The molecule has 2 saturated heterocycles. The maximum absolute atomic E-state index is 10.8. The molecule has 0 aliphatic carbocycles. The van der Waals surface area contributed by atoms with Crippen molar-refractivity contribution in [1.29, 1.82) is 0 Å². The monoisotopic (exact) mass is 200 g/mol. The Hall–Kier alpha value is -0.810. The summed E-state index contributed by atoms with van der Waals surface area (Å²) >= 11 is 0. The van der Waals surface area contributed by atoms with Gasteiger partial charge in [0.05, 0.1) is 13.2 Å². The van der Waals surface area contributed by atoms with E-state index < -0.39 is 0 Å². The molecular weight excluding hydrogens is 184 g/mol. The molecule has 2 heterocycles. The molecule has 0 bridgehead atoms. The van der Waals surface area contributed by atoms with Gasteiger partial charge in [0.1, 0.15) is 6.10 Å². The van der Waals surface area contributed by atoms with E-state index in [1.807, 2.05) is 0 Å². The summed E-state index contributed by atoms with van der Waals surface area (Å²) in [5.41, 5.74) is 0. The Morgan fingerprint density at radius 1 is 1.64 bits per heavy atom. The molecular formula is C9H16N2O3. The third kappa shape index (κ3) is 1.99. The normalized spacial score (nSPS) is 33.1. The SMILES string of the molecule is O=C1NCC(CN2CCCC2CO)O1. The number of aliphatic hydroxyl groups is 1. The van der Waals surface area contributed by atoms with E-state index in [0.717, 1.165) is 25.9 Å². The van der Waals surface area contributed by atoms with Gasteiger partial charge in [-0.1, -0.05) is 0 Å². The zero-order chi connectivity index (χ0) is 9.97. The zero-order valence-corrected chi connectivity index (χ0v) is 8.11. The highest BCUT2D eigenvalue weighted by Gasteiger charge is 2.30. The fraction of sp³-hybridized carbons (Fsp3) is 0.889. The fourth-order valence-corrected chi connectivity index (χ4v) is 2.14. The van der Waals surface area contributed by atoms with E-state index in [2.05, 4.69) is 10.2 Å². The van der Waals surface area contributed by atoms with Crippen LogP contribution >= 0.6 is 0 Å². The van der Waals surface area contributed by atoms with Crippen molar-refractivity contribution in [3.63, 3.8) is 0 Å². The summed E-state index contributed by atoms with van der Waals surface area (Å²) in [6.07, 6.45) is 1.80. The first-order chi connectivity index (χ1) is 6.79. The van der Waals surface area contributed by atoms with E-state index in [-0.39, 0.29) is 24.8 Å². The second-order valence-corrected chi connectivity index (χ2v) is 3.88. The number of ether oxygens (including phenoxy) is 1. The summed E-state index contributed by atoms with van der Waals surface area (Å²) in [5, 5.41) is 11.7. The Bertz CT molecular complexity index is 222. The average molecular weight is 200 g/mol. The Kier molecular flexibility index (Phi) is 2.88. The maximum atomic E-state index is 10.8. The van der Waals surface area contributed by atoms with Gasteiger partial charge >= 0.3 is 6.09 Å². The fourth-order valence-electron chi connectivity index (χ4n) is 2.14. The van der Waals surface area contributed by atoms with Crippen LogP contribution in [-0.2, 0) is 4.74 Å². The van der Waals surface area contributed by atoms with Gasteiger partial charge in [-0.25, -0.2) is 4.79 Å². The van der Waals surface area contributed by atoms with Crippen molar-refractivity contribution in [2.45, 2.75) is 25.0 Å². The van der Waals surface area contributed by atoms with E-state index in [0.29, 0.717) is 6.54 Å². The quantitative estimate of drug-likeness (QED) is 0.648. The summed E-state index contributed by atoms with van der Waals surface area (Å²) in [4.78, 5) is 13.0. The molecule has 14 heavy (non-hydrogen) atoms. The van der Waals surface area contributed by atoms with Crippen molar-refractivity contribution in [2.75, 3.05) is 26.2 Å². The van der Waals surface area contributed by atoms with E-state index >= 15 is 0 Å². The van der Waals surface area contributed by atoms with Crippen LogP contribution in [0.15, 0.2) is 0 Å². The number of nitrogens with zero attached hydrogens (tertiary/aromatic N) is 1. The number of carbonyl (C=O) groups excluding carboxylic acids is 1. The minimum absolute atomic E-state index is 0.0466. The number of likely N-dealkylation sites (tertiary alicyclic amines) is 1. The number of hydrogen-bond donors (Lipinski definition) is 2. The molecule has 2 fully saturated rings. The van der Waals surface area contributed by atoms with Gasteiger partial charge in [-0.15, -0.1) is 0 Å². The van der Waals surface area contributed by atoms with Crippen LogP contribution in [0.4, 0.5) is 4.79 Å². The van der Waals surface area contributed by atoms with Crippen LogP contribution in [0.2, 0.25) is 0 Å². The smallest absolute Gasteiger partial charge is 0.407 e. The van der Waals surface area contributed by atoms with Crippen LogP contribution in [0.1, 0.15) is 12.8 Å². The number of hydrogen-bond acceptors (Lipinski definition) is 4. The van der Waals surface area contributed by atoms with Gasteiger partial charge in [0, 0.05) is 12.6 Å². The van der Waals surface area contributed by atoms with Crippen LogP contribution in [0.5, 0.6) is 0 Å². The first-order valence-electron chi connectivity index (χ1n) is 5.09. The lowest BCUT2D eigenvalue weighted by atomic mass is 10.2. The summed E-state index contributed by atoms with van der Waals surface area (Å²) < 4.78 is 5.04. The molecule has 2 aliphatic heterocycles. The van der Waals surface area contributed by atoms with Crippen molar-refractivity contribution in [1.82, 2.24) is 10.2 Å². The Morgan fingerprint density at radius 3 is 3.14 bits per heavy atom. The molecule has 0 aromatic heterocycles. The zero-order valence-electron chi connectivity index (χ0n) is 8.11. The third-order valence-electron chi connectivity index (χ3n) is 2.90. The number of carbonyl (C=O) groups is 1. The molecule has 0 saturated carbocycles. The number of nitrogens with one attached hydrogen (secondary N) is 1. The van der Waals surface area contributed by atoms with Crippen molar-refractivity contribution in [3.05, 3.63) is 0 Å². The molecule has 2 N–H and O–H groups in total. The molecule has 2 rings (SSSR count). The summed E-state index contributed by atoms with van der Waals surface area (Å²) in [5.74, 6) is 0. The average Bonchev–Trinajstić information content (AvgIpc) is 2.76. The summed E-state index contributed by atoms with van der Waals surface area (Å²) in [7, 11) is 0. The maximum Gasteiger partial charge on any atom is 0.407 e. The summed E-state index contributed by atoms with van der Waals surface area (Å²) in [6, 6.07) is 0.259. The highest BCUT2D eigenvalue weighted by molar-refractivity contribution is 5.69. The van der Waals surface area contributed by atoms with Crippen LogP contribution < -0.4 is 5.32 Å². The second kappa shape index (κ2) is 4.14. The lowest BCUT2D eigenvalue weighted by Gasteiger charge is -2.24. The number of rotatable bonds is 3. The van der Waals surface area contributed by atoms with Gasteiger partial charge in [-0.2, -0.15) is 0 Å². The predicted octanol–water partition coefficient (Wildman–Crippen LogP) is -0.449. The minimum Gasteiger partial charge on any atom is -0.443 e. The van der Waals surface area contributed by atoms with Crippen LogP contribution in [0, 0.1) is 0 Å². The van der Waals surface area contributed by atoms with Gasteiger partial charge in [-0.3, -0.25) is 4.90 Å². The van der Waals surface area contributed by atoms with Gasteiger partial charge in [0.25, 0.3) is 0 Å². The third-order valence-corrected chi connectivity index (χ3v) is 2.90. The first-order valence-corrected chi connectivity index (χ1v) is 5.09. The predicted molar refractivity (Wildman–Crippen MR) is 50.0 cm³/mol. The molecule has 2 atom stereocenters. The highest BCUT2D eigenvalue weighted by Crippen LogP contribution is 2.17. The van der Waals surface area contributed by atoms with Crippen LogP contribution in [0.3, 0.4) is 0 Å². The molecule has 2 aliphatic rings. The standard InChI is InChI=1S/C9H16N2O3/c12-6-7-2-1-3-11(7)5-8-4-10-9(13)14-8/h7-8,12H,1-6H2,(H,10,13). The largest absolute Gasteiger partial charge is 0.443 e. The molecule has 2 unspecified atom stereocenters. The minimum atomic E-state index is -0.324. The summed E-state index contributed by atoms with van der Waals surface area (Å²) in [6.45, 7) is 2.53. The molecule has 0 aromatic carbocycles. The van der Waals surface area contributed by atoms with Gasteiger partial charge in [-0.05, 0) is 19.4 Å². The van der Waals surface area contributed by atoms with E-state index in [1.54, 1.807) is 0 Å². The van der Waals surface area contributed by atoms with E-state index in [9.17, 15) is 4.79 Å². The van der Waals surface area contributed by atoms with Gasteiger partial charge in [0.15, 0.2) is 0 Å². The molecule has 1 amide bonds. The van der Waals surface area contributed by atoms with Crippen LogP contribution in [0.25, 0.3) is 0 Å². The van der Waals surface area contributed by atoms with Crippen molar-refractivity contribution in [3.8, 4) is 0 Å². The second-order valence-electron chi connectivity index (χ2n) is 3.88. The Balaban J connectivity index is 1.81. The van der Waals surface area contributed by atoms with Crippen molar-refractivity contribution in [2.24, 2.45) is 0 Å². The molecule has 0 spiro atoms. The Labute approximate surface area is 83.0 Å². The number of cyclic esters (lactones) is 1. The lowest BCUT2D eigenvalue weighted by Crippen LogP contribution is -2.39. The van der Waals surface area contributed by atoms with Gasteiger partial charge < -0.3 is 15.2 Å². The number of amides is 1. The molecule has 0 aromatic rings. The number of aliphatic hydroxyl groups excluding tert-OH is 1. The Morgan fingerprint density at radius 2 is 2.50 bits per heavy atom. The van der Waals surface area contributed by atoms with Crippen molar-refractivity contribution >= 4 is 6.09 Å². The lowest BCUT2D eigenvalue weighted by molar-refractivity contribution is 0.0879. The first kappa shape index (κ1) is 9.73. The van der Waals surface area contributed by atoms with Crippen molar-refractivity contribution < 1.29 is 14.6 Å². The molecule has 5 nitrogen and oxygen atoms in total. The topological polar surface area (TPSA) is 61.8 Å². The molecule has 80 valence electrons. The molecule has 0 radical (unpaired) electrons. The van der Waals surface area contributed by atoms with E-state index in [4.69, 9.17) is 9.84 Å². The highest BCUT2D eigenvalue weighted by atomic mass is 16.6.